The topological polar surface area (TPSA) is 72.0 Å². The Kier molecular flexibility index (Phi) is 4.66. The van der Waals surface area contributed by atoms with Crippen molar-refractivity contribution in [3.8, 4) is 0 Å². The average Bonchev–Trinajstić information content (AvgIpc) is 3.23. The Labute approximate surface area is 152 Å². The molecule has 3 aromatic rings. The number of aliphatic hydroxyl groups excluding tert-OH is 1. The van der Waals surface area contributed by atoms with Gasteiger partial charge in [-0.1, -0.05) is 11.6 Å². The number of fused-ring (bicyclic) bond motifs is 3. The summed E-state index contributed by atoms with van der Waals surface area (Å²) in [6.07, 6.45) is 3.59. The lowest BCUT2D eigenvalue weighted by atomic mass is 9.94. The normalized spacial score (nSPS) is 15.4. The smallest absolute Gasteiger partial charge is 0.179 e. The van der Waals surface area contributed by atoms with Crippen LogP contribution >= 0.6 is 0 Å². The van der Waals surface area contributed by atoms with Gasteiger partial charge in [-0.05, 0) is 49.6 Å². The van der Waals surface area contributed by atoms with E-state index < -0.39 is 6.10 Å². The number of nitrogens with two attached hydrogens (primary N) is 1. The van der Waals surface area contributed by atoms with Gasteiger partial charge in [0.1, 0.15) is 19.2 Å². The number of aryl methyl sites for hydroxylation is 2. The molecule has 0 unspecified atom stereocenters. The number of carbonyl (C=O) groups excluding carboxylic acids is 1. The zero-order chi connectivity index (χ0) is 18.1. The zero-order valence-electron chi connectivity index (χ0n) is 15.1. The molecule has 0 amide bonds. The molecule has 0 saturated heterocycles. The molecule has 2 heterocycles. The van der Waals surface area contributed by atoms with E-state index in [1.54, 1.807) is 6.26 Å². The van der Waals surface area contributed by atoms with Crippen LogP contribution < -0.4 is 5.32 Å². The molecule has 0 spiro atoms. The van der Waals surface area contributed by atoms with Gasteiger partial charge in [-0.3, -0.25) is 4.79 Å². The van der Waals surface area contributed by atoms with Gasteiger partial charge in [0, 0.05) is 17.3 Å². The SMILES string of the molecule is Cc1ccc2c(c1)c1c(n2C[C@@H](O)C[NH2+]Cc2ccco2)C(=O)CCC1. The highest BCUT2D eigenvalue weighted by atomic mass is 16.3. The standard InChI is InChI=1S/C21H24N2O3/c1-14-7-8-19-18(10-14)17-5-2-6-20(25)21(17)23(19)13-15(24)11-22-12-16-4-3-9-26-16/h3-4,7-10,15,22,24H,2,5-6,11-13H2,1H3/p+1/t15-/m0/s1. The predicted octanol–water partition coefficient (Wildman–Crippen LogP) is 2.19. The highest BCUT2D eigenvalue weighted by Gasteiger charge is 2.27. The Morgan fingerprint density at radius 2 is 2.19 bits per heavy atom. The first kappa shape index (κ1) is 17.1. The van der Waals surface area contributed by atoms with Crippen molar-refractivity contribution in [3.63, 3.8) is 0 Å². The van der Waals surface area contributed by atoms with Gasteiger partial charge in [0.2, 0.25) is 0 Å². The number of nitrogens with zero attached hydrogens (tertiary/aromatic N) is 1. The van der Waals surface area contributed by atoms with Crippen molar-refractivity contribution in [2.24, 2.45) is 0 Å². The van der Waals surface area contributed by atoms with E-state index in [0.717, 1.165) is 35.4 Å². The number of hydrogen-bond donors (Lipinski definition) is 2. The molecule has 0 radical (unpaired) electrons. The molecule has 2 aromatic heterocycles. The second-order valence-electron chi connectivity index (χ2n) is 7.20. The fourth-order valence-corrected chi connectivity index (χ4v) is 3.98. The molecule has 0 fully saturated rings. The van der Waals surface area contributed by atoms with E-state index in [9.17, 15) is 9.90 Å². The molecule has 1 aliphatic rings. The summed E-state index contributed by atoms with van der Waals surface area (Å²) in [5, 5.41) is 13.8. The highest BCUT2D eigenvalue weighted by molar-refractivity contribution is 6.04. The maximum Gasteiger partial charge on any atom is 0.179 e. The first-order chi connectivity index (χ1) is 12.6. The van der Waals surface area contributed by atoms with Gasteiger partial charge in [-0.15, -0.1) is 0 Å². The van der Waals surface area contributed by atoms with Crippen molar-refractivity contribution in [3.05, 3.63) is 59.2 Å². The van der Waals surface area contributed by atoms with E-state index in [1.807, 2.05) is 22.0 Å². The molecule has 136 valence electrons. The molecule has 1 aromatic carbocycles. The number of quaternary nitrogens is 1. The Hall–Kier alpha value is -2.37. The fourth-order valence-electron chi connectivity index (χ4n) is 3.98. The fraction of sp³-hybridized carbons (Fsp3) is 0.381. The van der Waals surface area contributed by atoms with E-state index in [-0.39, 0.29) is 5.78 Å². The maximum absolute atomic E-state index is 12.6. The van der Waals surface area contributed by atoms with E-state index >= 15 is 0 Å². The Balaban J connectivity index is 1.57. The molecule has 4 rings (SSSR count). The maximum atomic E-state index is 12.6. The van der Waals surface area contributed by atoms with Crippen LogP contribution in [-0.2, 0) is 19.5 Å². The highest BCUT2D eigenvalue weighted by Crippen LogP contribution is 2.33. The Bertz CT molecular complexity index is 925. The van der Waals surface area contributed by atoms with Crippen LogP contribution in [0.5, 0.6) is 0 Å². The molecule has 5 nitrogen and oxygen atoms in total. The lowest BCUT2D eigenvalue weighted by molar-refractivity contribution is -0.678. The summed E-state index contributed by atoms with van der Waals surface area (Å²) in [6, 6.07) is 10.1. The largest absolute Gasteiger partial charge is 0.463 e. The molecule has 5 heteroatoms. The van der Waals surface area contributed by atoms with E-state index in [2.05, 4.69) is 25.1 Å². The van der Waals surface area contributed by atoms with Gasteiger partial charge in [0.15, 0.2) is 11.5 Å². The molecular weight excluding hydrogens is 328 g/mol. The van der Waals surface area contributed by atoms with Gasteiger partial charge in [-0.25, -0.2) is 0 Å². The first-order valence-electron chi connectivity index (χ1n) is 9.30. The molecular formula is C21H25N2O3+. The van der Waals surface area contributed by atoms with Gasteiger partial charge in [0.25, 0.3) is 0 Å². The summed E-state index contributed by atoms with van der Waals surface area (Å²) < 4.78 is 7.35. The van der Waals surface area contributed by atoms with Crippen molar-refractivity contribution in [2.45, 2.75) is 45.4 Å². The third-order valence-electron chi connectivity index (χ3n) is 5.18. The lowest BCUT2D eigenvalue weighted by Gasteiger charge is -2.17. The van der Waals surface area contributed by atoms with Gasteiger partial charge in [0.05, 0.1) is 18.5 Å². The second kappa shape index (κ2) is 7.09. The van der Waals surface area contributed by atoms with Crippen LogP contribution in [0.1, 0.15) is 40.2 Å². The summed E-state index contributed by atoms with van der Waals surface area (Å²) >= 11 is 0. The molecule has 0 bridgehead atoms. The number of aromatic nitrogens is 1. The van der Waals surface area contributed by atoms with Crippen LogP contribution in [0.4, 0.5) is 0 Å². The van der Waals surface area contributed by atoms with Crippen molar-refractivity contribution in [1.82, 2.24) is 4.57 Å². The van der Waals surface area contributed by atoms with E-state index in [4.69, 9.17) is 4.42 Å². The summed E-state index contributed by atoms with van der Waals surface area (Å²) in [4.78, 5) is 12.6. The van der Waals surface area contributed by atoms with Gasteiger partial charge < -0.3 is 19.4 Å². The minimum atomic E-state index is -0.527. The zero-order valence-corrected chi connectivity index (χ0v) is 15.1. The quantitative estimate of drug-likeness (QED) is 0.713. The van der Waals surface area contributed by atoms with Gasteiger partial charge in [-0.2, -0.15) is 0 Å². The number of furan rings is 1. The van der Waals surface area contributed by atoms with Crippen LogP contribution in [0.25, 0.3) is 10.9 Å². The average molecular weight is 353 g/mol. The van der Waals surface area contributed by atoms with Crippen LogP contribution in [0.15, 0.2) is 41.0 Å². The summed E-state index contributed by atoms with van der Waals surface area (Å²) in [6.45, 7) is 3.78. The summed E-state index contributed by atoms with van der Waals surface area (Å²) in [5.41, 5.74) is 4.22. The number of Topliss-reactive ketones (excluding diaryl/α,β-unsaturated/α-hetero) is 1. The van der Waals surface area contributed by atoms with Crippen molar-refractivity contribution >= 4 is 16.7 Å². The minimum Gasteiger partial charge on any atom is -0.463 e. The third-order valence-corrected chi connectivity index (χ3v) is 5.18. The first-order valence-corrected chi connectivity index (χ1v) is 9.30. The molecule has 1 atom stereocenters. The van der Waals surface area contributed by atoms with Crippen molar-refractivity contribution < 1.29 is 19.6 Å². The molecule has 1 aliphatic carbocycles. The second-order valence-corrected chi connectivity index (χ2v) is 7.20. The number of carbonyl (C=O) groups is 1. The summed E-state index contributed by atoms with van der Waals surface area (Å²) in [5.74, 6) is 1.10. The monoisotopic (exact) mass is 353 g/mol. The third kappa shape index (κ3) is 3.20. The van der Waals surface area contributed by atoms with Crippen LogP contribution in [0, 0.1) is 6.92 Å². The molecule has 26 heavy (non-hydrogen) atoms. The number of hydrogen-bond acceptors (Lipinski definition) is 3. The number of rotatable bonds is 6. The number of benzene rings is 1. The summed E-state index contributed by atoms with van der Waals surface area (Å²) in [7, 11) is 0. The number of ketones is 1. The minimum absolute atomic E-state index is 0.201. The van der Waals surface area contributed by atoms with Crippen LogP contribution in [0.2, 0.25) is 0 Å². The molecule has 3 N–H and O–H groups in total. The number of aliphatic hydroxyl groups is 1. The van der Waals surface area contributed by atoms with Gasteiger partial charge >= 0.3 is 0 Å². The Morgan fingerprint density at radius 3 is 3.00 bits per heavy atom. The molecule has 0 saturated carbocycles. The predicted molar refractivity (Wildman–Crippen MR) is 99.2 cm³/mol. The Morgan fingerprint density at radius 1 is 1.31 bits per heavy atom. The molecule has 0 aliphatic heterocycles. The van der Waals surface area contributed by atoms with E-state index in [1.165, 1.54) is 10.9 Å². The van der Waals surface area contributed by atoms with E-state index in [0.29, 0.717) is 26.1 Å². The van der Waals surface area contributed by atoms with Crippen LogP contribution in [0.3, 0.4) is 0 Å². The van der Waals surface area contributed by atoms with Crippen LogP contribution in [-0.4, -0.2) is 28.1 Å². The van der Waals surface area contributed by atoms with Crippen molar-refractivity contribution in [2.75, 3.05) is 6.54 Å². The van der Waals surface area contributed by atoms with Crippen molar-refractivity contribution in [1.29, 1.82) is 0 Å². The lowest BCUT2D eigenvalue weighted by Crippen LogP contribution is -2.85.